The lowest BCUT2D eigenvalue weighted by Gasteiger charge is -2.23. The largest absolute Gasteiger partial charge is 0.490 e. The molecule has 0 radical (unpaired) electrons. The van der Waals surface area contributed by atoms with E-state index in [9.17, 15) is 0 Å². The SMILES string of the molecule is CCOc1cc(CCl)ccc1OCCC(C)(C)OC. The number of hydrogen-bond donors (Lipinski definition) is 0. The van der Waals surface area contributed by atoms with Gasteiger partial charge in [0.15, 0.2) is 11.5 Å². The number of methoxy groups -OCH3 is 1. The van der Waals surface area contributed by atoms with E-state index in [1.165, 1.54) is 0 Å². The maximum atomic E-state index is 5.82. The van der Waals surface area contributed by atoms with Crippen LogP contribution >= 0.6 is 11.6 Å². The second-order valence-electron chi connectivity index (χ2n) is 4.91. The van der Waals surface area contributed by atoms with Gasteiger partial charge in [0.05, 0.1) is 18.8 Å². The van der Waals surface area contributed by atoms with Crippen LogP contribution in [0.5, 0.6) is 11.5 Å². The van der Waals surface area contributed by atoms with Gasteiger partial charge in [0.2, 0.25) is 0 Å². The predicted octanol–water partition coefficient (Wildman–Crippen LogP) is 4.02. The zero-order chi connectivity index (χ0) is 14.3. The van der Waals surface area contributed by atoms with Gasteiger partial charge in [-0.2, -0.15) is 0 Å². The average molecular weight is 287 g/mol. The third kappa shape index (κ3) is 5.29. The van der Waals surface area contributed by atoms with Crippen molar-refractivity contribution in [3.8, 4) is 11.5 Å². The van der Waals surface area contributed by atoms with Crippen LogP contribution in [-0.2, 0) is 10.6 Å². The van der Waals surface area contributed by atoms with E-state index in [-0.39, 0.29) is 5.60 Å². The Morgan fingerprint density at radius 2 is 1.89 bits per heavy atom. The third-order valence-corrected chi connectivity index (χ3v) is 3.29. The van der Waals surface area contributed by atoms with Crippen LogP contribution in [0, 0.1) is 0 Å². The van der Waals surface area contributed by atoms with Crippen molar-refractivity contribution in [2.24, 2.45) is 0 Å². The molecule has 0 saturated carbocycles. The summed E-state index contributed by atoms with van der Waals surface area (Å²) in [5.41, 5.74) is 0.844. The van der Waals surface area contributed by atoms with Crippen LogP contribution in [0.3, 0.4) is 0 Å². The molecule has 0 aliphatic heterocycles. The Morgan fingerprint density at radius 3 is 2.47 bits per heavy atom. The van der Waals surface area contributed by atoms with E-state index >= 15 is 0 Å². The molecule has 19 heavy (non-hydrogen) atoms. The molecule has 0 atom stereocenters. The molecule has 0 heterocycles. The highest BCUT2D eigenvalue weighted by Gasteiger charge is 2.16. The van der Waals surface area contributed by atoms with Crippen molar-refractivity contribution < 1.29 is 14.2 Å². The molecule has 0 aromatic heterocycles. The molecule has 0 saturated heterocycles. The summed E-state index contributed by atoms with van der Waals surface area (Å²) >= 11 is 5.82. The number of ether oxygens (including phenoxy) is 3. The van der Waals surface area contributed by atoms with E-state index in [1.807, 2.05) is 39.0 Å². The summed E-state index contributed by atoms with van der Waals surface area (Å²) in [6.07, 6.45) is 0.812. The summed E-state index contributed by atoms with van der Waals surface area (Å²) in [5.74, 6) is 1.97. The Morgan fingerprint density at radius 1 is 1.16 bits per heavy atom. The number of alkyl halides is 1. The normalized spacial score (nSPS) is 11.4. The molecule has 4 heteroatoms. The standard InChI is InChI=1S/C15H23ClO3/c1-5-18-14-10-12(11-16)6-7-13(14)19-9-8-15(2,3)17-4/h6-7,10H,5,8-9,11H2,1-4H3. The summed E-state index contributed by atoms with van der Waals surface area (Å²) in [4.78, 5) is 0. The van der Waals surface area contributed by atoms with Crippen molar-refractivity contribution in [2.45, 2.75) is 38.7 Å². The van der Waals surface area contributed by atoms with E-state index in [0.29, 0.717) is 19.1 Å². The maximum Gasteiger partial charge on any atom is 0.161 e. The molecule has 1 rings (SSSR count). The van der Waals surface area contributed by atoms with Crippen LogP contribution in [0.15, 0.2) is 18.2 Å². The quantitative estimate of drug-likeness (QED) is 0.676. The highest BCUT2D eigenvalue weighted by Crippen LogP contribution is 2.29. The zero-order valence-corrected chi connectivity index (χ0v) is 12.9. The van der Waals surface area contributed by atoms with Gasteiger partial charge in [0.25, 0.3) is 0 Å². The van der Waals surface area contributed by atoms with Crippen molar-refractivity contribution in [1.29, 1.82) is 0 Å². The molecule has 0 aliphatic carbocycles. The van der Waals surface area contributed by atoms with E-state index in [0.717, 1.165) is 23.5 Å². The average Bonchev–Trinajstić information content (AvgIpc) is 2.40. The van der Waals surface area contributed by atoms with Crippen molar-refractivity contribution in [3.63, 3.8) is 0 Å². The third-order valence-electron chi connectivity index (χ3n) is 2.98. The van der Waals surface area contributed by atoms with E-state index in [2.05, 4.69) is 0 Å². The van der Waals surface area contributed by atoms with Gasteiger partial charge < -0.3 is 14.2 Å². The highest BCUT2D eigenvalue weighted by molar-refractivity contribution is 6.17. The first-order valence-corrected chi connectivity index (χ1v) is 7.05. The highest BCUT2D eigenvalue weighted by atomic mass is 35.5. The smallest absolute Gasteiger partial charge is 0.161 e. The van der Waals surface area contributed by atoms with Crippen molar-refractivity contribution in [1.82, 2.24) is 0 Å². The second-order valence-corrected chi connectivity index (χ2v) is 5.18. The molecule has 0 bridgehead atoms. The fourth-order valence-electron chi connectivity index (χ4n) is 1.53. The minimum Gasteiger partial charge on any atom is -0.490 e. The van der Waals surface area contributed by atoms with Gasteiger partial charge in [-0.1, -0.05) is 6.07 Å². The Hall–Kier alpha value is -0.930. The Kier molecular flexibility index (Phi) is 6.46. The molecule has 0 aliphatic rings. The lowest BCUT2D eigenvalue weighted by Crippen LogP contribution is -2.25. The van der Waals surface area contributed by atoms with Crippen LogP contribution in [-0.4, -0.2) is 25.9 Å². The summed E-state index contributed by atoms with van der Waals surface area (Å²) in [5, 5.41) is 0. The van der Waals surface area contributed by atoms with Gasteiger partial charge in [-0.15, -0.1) is 11.6 Å². The molecule has 0 fully saturated rings. The minimum atomic E-state index is -0.179. The Bertz CT molecular complexity index is 391. The van der Waals surface area contributed by atoms with Gasteiger partial charge in [0, 0.05) is 19.4 Å². The fourth-order valence-corrected chi connectivity index (χ4v) is 1.70. The topological polar surface area (TPSA) is 27.7 Å². The van der Waals surface area contributed by atoms with Gasteiger partial charge in [0.1, 0.15) is 0 Å². The van der Waals surface area contributed by atoms with Crippen LogP contribution in [0.1, 0.15) is 32.8 Å². The summed E-state index contributed by atoms with van der Waals surface area (Å²) in [6.45, 7) is 7.21. The fraction of sp³-hybridized carbons (Fsp3) is 0.600. The lowest BCUT2D eigenvalue weighted by atomic mass is 10.1. The van der Waals surface area contributed by atoms with E-state index < -0.39 is 0 Å². The van der Waals surface area contributed by atoms with Crippen LogP contribution in [0.2, 0.25) is 0 Å². The number of benzene rings is 1. The molecule has 0 unspecified atom stereocenters. The van der Waals surface area contributed by atoms with Crippen molar-refractivity contribution in [2.75, 3.05) is 20.3 Å². The monoisotopic (exact) mass is 286 g/mol. The van der Waals surface area contributed by atoms with Crippen LogP contribution in [0.4, 0.5) is 0 Å². The van der Waals surface area contributed by atoms with E-state index in [1.54, 1.807) is 7.11 Å². The molecule has 3 nitrogen and oxygen atoms in total. The van der Waals surface area contributed by atoms with Crippen molar-refractivity contribution >= 4 is 11.6 Å². The van der Waals surface area contributed by atoms with Crippen molar-refractivity contribution in [3.05, 3.63) is 23.8 Å². The summed E-state index contributed by atoms with van der Waals surface area (Å²) in [7, 11) is 1.71. The summed E-state index contributed by atoms with van der Waals surface area (Å²) < 4.78 is 16.7. The number of halogens is 1. The first-order chi connectivity index (χ1) is 9.02. The molecule has 108 valence electrons. The Balaban J connectivity index is 2.66. The molecule has 0 spiro atoms. The van der Waals surface area contributed by atoms with E-state index in [4.69, 9.17) is 25.8 Å². The summed E-state index contributed by atoms with van der Waals surface area (Å²) in [6, 6.07) is 5.78. The molecule has 1 aromatic carbocycles. The van der Waals surface area contributed by atoms with Gasteiger partial charge >= 0.3 is 0 Å². The first-order valence-electron chi connectivity index (χ1n) is 6.52. The van der Waals surface area contributed by atoms with Gasteiger partial charge in [-0.25, -0.2) is 0 Å². The Labute approximate surface area is 120 Å². The van der Waals surface area contributed by atoms with Crippen LogP contribution in [0.25, 0.3) is 0 Å². The van der Waals surface area contributed by atoms with Crippen LogP contribution < -0.4 is 9.47 Å². The molecule has 0 N–H and O–H groups in total. The minimum absolute atomic E-state index is 0.179. The molecule has 1 aromatic rings. The molecule has 0 amide bonds. The second kappa shape index (κ2) is 7.61. The number of hydrogen-bond acceptors (Lipinski definition) is 3. The first kappa shape index (κ1) is 16.1. The van der Waals surface area contributed by atoms with Gasteiger partial charge in [-0.3, -0.25) is 0 Å². The molecular formula is C15H23ClO3. The predicted molar refractivity (Wildman–Crippen MR) is 78.4 cm³/mol. The lowest BCUT2D eigenvalue weighted by molar-refractivity contribution is 0.00521. The maximum absolute atomic E-state index is 5.82. The molecular weight excluding hydrogens is 264 g/mol. The van der Waals surface area contributed by atoms with Gasteiger partial charge in [-0.05, 0) is 38.5 Å². The number of rotatable bonds is 8. The zero-order valence-electron chi connectivity index (χ0n) is 12.2.